The van der Waals surface area contributed by atoms with Gasteiger partial charge in [0.15, 0.2) is 4.77 Å². The van der Waals surface area contributed by atoms with Gasteiger partial charge in [-0.15, -0.1) is 0 Å². The lowest BCUT2D eigenvalue weighted by molar-refractivity contribution is 0.242. The molecule has 4 nitrogen and oxygen atoms in total. The molecular weight excluding hydrogens is 318 g/mol. The van der Waals surface area contributed by atoms with Crippen LogP contribution in [-0.4, -0.2) is 22.0 Å². The second-order valence-electron chi connectivity index (χ2n) is 5.63. The fraction of sp³-hybridized carbons (Fsp3) is 0.158. The number of aromatic nitrogens is 2. The van der Waals surface area contributed by atoms with Gasteiger partial charge < -0.3 is 9.72 Å². The van der Waals surface area contributed by atoms with Crippen LogP contribution in [0.5, 0.6) is 5.75 Å². The molecule has 0 saturated carbocycles. The first-order valence-electron chi connectivity index (χ1n) is 7.80. The van der Waals surface area contributed by atoms with Crippen LogP contribution in [0, 0.1) is 4.77 Å². The topological polar surface area (TPSA) is 42.3 Å². The van der Waals surface area contributed by atoms with E-state index in [1.807, 2.05) is 74.6 Å². The molecule has 2 aromatic carbocycles. The van der Waals surface area contributed by atoms with E-state index in [2.05, 4.69) is 10.1 Å². The lowest BCUT2D eigenvalue weighted by atomic mass is 10.2. The number of H-pyrrole nitrogens is 1. The number of nitrogens with zero attached hydrogens (tertiary/aromatic N) is 2. The molecule has 0 spiro atoms. The lowest BCUT2D eigenvalue weighted by Gasteiger charge is -2.11. The van der Waals surface area contributed by atoms with E-state index in [1.165, 1.54) is 0 Å². The number of nitrogens with one attached hydrogen (secondary N) is 1. The highest BCUT2D eigenvalue weighted by atomic mass is 32.1. The van der Waals surface area contributed by atoms with Crippen LogP contribution in [0.15, 0.2) is 65.9 Å². The number of benzene rings is 2. The van der Waals surface area contributed by atoms with Gasteiger partial charge in [-0.05, 0) is 43.8 Å². The van der Waals surface area contributed by atoms with Gasteiger partial charge >= 0.3 is 0 Å². The highest BCUT2D eigenvalue weighted by Gasteiger charge is 2.04. The zero-order valence-electron chi connectivity index (χ0n) is 13.6. The standard InChI is InChI=1S/C19H19N3OS/c1-14(2)23-18-11-7-6-10-16(18)12-20-22-13-17(21-19(22)24)15-8-4-3-5-9-15/h3-14H,1-2H3,(H,21,24). The Morgan fingerprint density at radius 2 is 1.79 bits per heavy atom. The summed E-state index contributed by atoms with van der Waals surface area (Å²) in [6, 6.07) is 17.8. The number of hydrogen-bond donors (Lipinski definition) is 1. The third kappa shape index (κ3) is 3.81. The van der Waals surface area contributed by atoms with Crippen LogP contribution in [0.4, 0.5) is 0 Å². The summed E-state index contributed by atoms with van der Waals surface area (Å²) in [5.74, 6) is 0.807. The second-order valence-corrected chi connectivity index (χ2v) is 6.02. The quantitative estimate of drug-likeness (QED) is 0.532. The van der Waals surface area contributed by atoms with Crippen molar-refractivity contribution < 1.29 is 4.74 Å². The van der Waals surface area contributed by atoms with Crippen LogP contribution in [0.1, 0.15) is 19.4 Å². The maximum Gasteiger partial charge on any atom is 0.198 e. The minimum absolute atomic E-state index is 0.110. The van der Waals surface area contributed by atoms with Gasteiger partial charge in [-0.2, -0.15) is 5.10 Å². The van der Waals surface area contributed by atoms with Crippen molar-refractivity contribution in [3.05, 3.63) is 71.1 Å². The average molecular weight is 337 g/mol. The lowest BCUT2D eigenvalue weighted by Crippen LogP contribution is -2.07. The van der Waals surface area contributed by atoms with Crippen LogP contribution >= 0.6 is 12.2 Å². The first-order valence-corrected chi connectivity index (χ1v) is 8.21. The van der Waals surface area contributed by atoms with Crippen LogP contribution in [0.25, 0.3) is 11.3 Å². The Hall–Kier alpha value is -2.66. The molecule has 0 atom stereocenters. The molecule has 5 heteroatoms. The molecule has 0 amide bonds. The highest BCUT2D eigenvalue weighted by molar-refractivity contribution is 7.71. The normalized spacial score (nSPS) is 11.3. The third-order valence-corrected chi connectivity index (χ3v) is 3.68. The van der Waals surface area contributed by atoms with Gasteiger partial charge in [0.2, 0.25) is 0 Å². The molecule has 1 heterocycles. The first kappa shape index (κ1) is 16.2. The molecule has 122 valence electrons. The second kappa shape index (κ2) is 7.27. The SMILES string of the molecule is CC(C)Oc1ccccc1C=Nn1cc(-c2ccccc2)[nH]c1=S. The van der Waals surface area contributed by atoms with Gasteiger partial charge in [-0.1, -0.05) is 42.5 Å². The molecule has 3 aromatic rings. The molecule has 0 aliphatic rings. The predicted molar refractivity (Wildman–Crippen MR) is 100 cm³/mol. The minimum atomic E-state index is 0.110. The van der Waals surface area contributed by atoms with E-state index in [4.69, 9.17) is 17.0 Å². The van der Waals surface area contributed by atoms with Crippen molar-refractivity contribution in [1.29, 1.82) is 0 Å². The van der Waals surface area contributed by atoms with Crippen molar-refractivity contribution in [3.8, 4) is 17.0 Å². The summed E-state index contributed by atoms with van der Waals surface area (Å²) < 4.78 is 8.01. The zero-order chi connectivity index (χ0) is 16.9. The van der Waals surface area contributed by atoms with E-state index < -0.39 is 0 Å². The van der Waals surface area contributed by atoms with E-state index >= 15 is 0 Å². The van der Waals surface area contributed by atoms with Gasteiger partial charge in [0.1, 0.15) is 5.75 Å². The van der Waals surface area contributed by atoms with Crippen LogP contribution in [0.2, 0.25) is 0 Å². The molecule has 0 aliphatic carbocycles. The maximum absolute atomic E-state index is 5.80. The van der Waals surface area contributed by atoms with Gasteiger partial charge in [0.05, 0.1) is 24.2 Å². The molecule has 0 radical (unpaired) electrons. The van der Waals surface area contributed by atoms with E-state index in [-0.39, 0.29) is 6.10 Å². The average Bonchev–Trinajstić information content (AvgIpc) is 2.95. The molecule has 3 rings (SSSR count). The van der Waals surface area contributed by atoms with Gasteiger partial charge in [0, 0.05) is 5.56 Å². The predicted octanol–water partition coefficient (Wildman–Crippen LogP) is 4.88. The van der Waals surface area contributed by atoms with Gasteiger partial charge in [0.25, 0.3) is 0 Å². The van der Waals surface area contributed by atoms with Crippen molar-refractivity contribution >= 4 is 18.4 Å². The summed E-state index contributed by atoms with van der Waals surface area (Å²) in [7, 11) is 0. The maximum atomic E-state index is 5.80. The van der Waals surface area contributed by atoms with E-state index in [0.717, 1.165) is 22.6 Å². The molecule has 24 heavy (non-hydrogen) atoms. The van der Waals surface area contributed by atoms with Gasteiger partial charge in [-0.25, -0.2) is 4.68 Å². The first-order chi connectivity index (χ1) is 11.6. The van der Waals surface area contributed by atoms with Crippen molar-refractivity contribution in [2.45, 2.75) is 20.0 Å². The Labute approximate surface area is 146 Å². The van der Waals surface area contributed by atoms with Crippen molar-refractivity contribution in [2.75, 3.05) is 0 Å². The Morgan fingerprint density at radius 1 is 1.08 bits per heavy atom. The van der Waals surface area contributed by atoms with Crippen LogP contribution in [-0.2, 0) is 0 Å². The van der Waals surface area contributed by atoms with E-state index in [0.29, 0.717) is 4.77 Å². The van der Waals surface area contributed by atoms with Crippen molar-refractivity contribution in [3.63, 3.8) is 0 Å². The molecule has 1 N–H and O–H groups in total. The molecule has 0 unspecified atom stereocenters. The van der Waals surface area contributed by atoms with E-state index in [9.17, 15) is 0 Å². The number of para-hydroxylation sites is 1. The summed E-state index contributed by atoms with van der Waals surface area (Å²) >= 11 is 5.35. The number of imidazole rings is 1. The fourth-order valence-corrected chi connectivity index (χ4v) is 2.52. The molecule has 0 bridgehead atoms. The summed E-state index contributed by atoms with van der Waals surface area (Å²) in [4.78, 5) is 3.18. The molecule has 1 aromatic heterocycles. The molecule has 0 fully saturated rings. The minimum Gasteiger partial charge on any atom is -0.490 e. The van der Waals surface area contributed by atoms with Crippen LogP contribution < -0.4 is 4.74 Å². The third-order valence-electron chi connectivity index (χ3n) is 3.39. The number of hydrogen-bond acceptors (Lipinski definition) is 3. The van der Waals surface area contributed by atoms with E-state index in [1.54, 1.807) is 10.9 Å². The Bertz CT molecular complexity index is 894. The number of ether oxygens (including phenoxy) is 1. The summed E-state index contributed by atoms with van der Waals surface area (Å²) in [5.41, 5.74) is 2.92. The zero-order valence-corrected chi connectivity index (χ0v) is 14.5. The smallest absolute Gasteiger partial charge is 0.198 e. The van der Waals surface area contributed by atoms with Crippen molar-refractivity contribution in [2.24, 2.45) is 5.10 Å². The Morgan fingerprint density at radius 3 is 2.54 bits per heavy atom. The fourth-order valence-electron chi connectivity index (χ4n) is 2.31. The monoisotopic (exact) mass is 337 g/mol. The van der Waals surface area contributed by atoms with Crippen molar-refractivity contribution in [1.82, 2.24) is 9.66 Å². The number of rotatable bonds is 5. The molecule has 0 aliphatic heterocycles. The summed E-state index contributed by atoms with van der Waals surface area (Å²) in [5, 5.41) is 4.47. The summed E-state index contributed by atoms with van der Waals surface area (Å²) in [6.07, 6.45) is 3.76. The Kier molecular flexibility index (Phi) is 4.91. The summed E-state index contributed by atoms with van der Waals surface area (Å²) in [6.45, 7) is 4.00. The molecular formula is C19H19N3OS. The Balaban J connectivity index is 1.88. The molecule has 0 saturated heterocycles. The number of aromatic amines is 1. The highest BCUT2D eigenvalue weighted by Crippen LogP contribution is 2.19. The van der Waals surface area contributed by atoms with Crippen LogP contribution in [0.3, 0.4) is 0 Å². The largest absolute Gasteiger partial charge is 0.490 e. The van der Waals surface area contributed by atoms with Gasteiger partial charge in [-0.3, -0.25) is 0 Å².